The number of nitrogens with zero attached hydrogens (tertiary/aromatic N) is 4. The Balaban J connectivity index is 2.32. The molecule has 0 aliphatic heterocycles. The van der Waals surface area contributed by atoms with E-state index in [1.807, 2.05) is 30.8 Å². The second-order valence-corrected chi connectivity index (χ2v) is 4.54. The number of aryl methyl sites for hydroxylation is 2. The van der Waals surface area contributed by atoms with Crippen LogP contribution in [0.1, 0.15) is 23.7 Å². The van der Waals surface area contributed by atoms with Gasteiger partial charge in [0.15, 0.2) is 0 Å². The molecule has 0 saturated carbocycles. The maximum absolute atomic E-state index is 9.53. The molecule has 2 aromatic heterocycles. The molecule has 2 aromatic rings. The third-order valence-electron chi connectivity index (χ3n) is 3.28. The standard InChI is InChI=1S/C14H20N4O/c1-4-18(9-12-5-7-15-8-6-12)14-13(10-19)11(2)16-17(14)3/h5-8,19H,4,9-10H2,1-3H3. The smallest absolute Gasteiger partial charge is 0.132 e. The van der Waals surface area contributed by atoms with E-state index in [1.165, 1.54) is 5.56 Å². The molecule has 19 heavy (non-hydrogen) atoms. The first-order valence-corrected chi connectivity index (χ1v) is 6.44. The van der Waals surface area contributed by atoms with E-state index in [1.54, 1.807) is 12.4 Å². The monoisotopic (exact) mass is 260 g/mol. The van der Waals surface area contributed by atoms with Gasteiger partial charge in [-0.2, -0.15) is 5.10 Å². The zero-order valence-corrected chi connectivity index (χ0v) is 11.7. The van der Waals surface area contributed by atoms with Crippen LogP contribution >= 0.6 is 0 Å². The Morgan fingerprint density at radius 2 is 2.00 bits per heavy atom. The van der Waals surface area contributed by atoms with E-state index in [0.717, 1.165) is 30.2 Å². The lowest BCUT2D eigenvalue weighted by Crippen LogP contribution is -2.25. The van der Waals surface area contributed by atoms with E-state index in [4.69, 9.17) is 0 Å². The lowest BCUT2D eigenvalue weighted by molar-refractivity contribution is 0.281. The van der Waals surface area contributed by atoms with Crippen LogP contribution in [0.4, 0.5) is 5.82 Å². The molecule has 0 radical (unpaired) electrons. The van der Waals surface area contributed by atoms with Gasteiger partial charge in [0, 0.05) is 38.1 Å². The first-order valence-electron chi connectivity index (χ1n) is 6.44. The summed E-state index contributed by atoms with van der Waals surface area (Å²) in [6.07, 6.45) is 3.59. The average molecular weight is 260 g/mol. The van der Waals surface area contributed by atoms with E-state index < -0.39 is 0 Å². The molecule has 0 spiro atoms. The molecule has 0 saturated heterocycles. The van der Waals surface area contributed by atoms with Crippen LogP contribution in [-0.4, -0.2) is 26.4 Å². The molecular formula is C14H20N4O. The van der Waals surface area contributed by atoms with Crippen molar-refractivity contribution < 1.29 is 5.11 Å². The maximum atomic E-state index is 9.53. The van der Waals surface area contributed by atoms with Crippen LogP contribution < -0.4 is 4.90 Å². The van der Waals surface area contributed by atoms with Crippen molar-refractivity contribution in [2.75, 3.05) is 11.4 Å². The number of aliphatic hydroxyl groups is 1. The molecule has 5 heteroatoms. The summed E-state index contributed by atoms with van der Waals surface area (Å²) in [5.41, 5.74) is 2.98. The Morgan fingerprint density at radius 3 is 2.58 bits per heavy atom. The van der Waals surface area contributed by atoms with Gasteiger partial charge in [0.05, 0.1) is 12.3 Å². The van der Waals surface area contributed by atoms with Crippen molar-refractivity contribution >= 4 is 5.82 Å². The summed E-state index contributed by atoms with van der Waals surface area (Å²) >= 11 is 0. The number of pyridine rings is 1. The summed E-state index contributed by atoms with van der Waals surface area (Å²) in [6, 6.07) is 4.01. The SMILES string of the molecule is CCN(Cc1ccncc1)c1c(CO)c(C)nn1C. The van der Waals surface area contributed by atoms with Crippen LogP contribution in [0.3, 0.4) is 0 Å². The second-order valence-electron chi connectivity index (χ2n) is 4.54. The van der Waals surface area contributed by atoms with Crippen LogP contribution in [0, 0.1) is 6.92 Å². The van der Waals surface area contributed by atoms with Gasteiger partial charge < -0.3 is 10.0 Å². The number of hydrogen-bond acceptors (Lipinski definition) is 4. The van der Waals surface area contributed by atoms with Crippen LogP contribution in [0.25, 0.3) is 0 Å². The molecule has 0 unspecified atom stereocenters. The van der Waals surface area contributed by atoms with E-state index in [2.05, 4.69) is 21.9 Å². The van der Waals surface area contributed by atoms with Crippen molar-refractivity contribution in [1.29, 1.82) is 0 Å². The van der Waals surface area contributed by atoms with E-state index in [-0.39, 0.29) is 6.61 Å². The summed E-state index contributed by atoms with van der Waals surface area (Å²) in [7, 11) is 1.91. The van der Waals surface area contributed by atoms with Crippen molar-refractivity contribution in [3.8, 4) is 0 Å². The highest BCUT2D eigenvalue weighted by Gasteiger charge is 2.17. The number of aliphatic hydroxyl groups excluding tert-OH is 1. The molecular weight excluding hydrogens is 240 g/mol. The van der Waals surface area contributed by atoms with Gasteiger partial charge in [-0.1, -0.05) is 0 Å². The summed E-state index contributed by atoms with van der Waals surface area (Å²) in [5.74, 6) is 0.985. The summed E-state index contributed by atoms with van der Waals surface area (Å²) in [6.45, 7) is 5.68. The molecule has 2 rings (SSSR count). The first-order chi connectivity index (χ1) is 9.17. The summed E-state index contributed by atoms with van der Waals surface area (Å²) in [4.78, 5) is 6.24. The fourth-order valence-electron chi connectivity index (χ4n) is 2.32. The molecule has 1 N–H and O–H groups in total. The van der Waals surface area contributed by atoms with Crippen LogP contribution in [0.2, 0.25) is 0 Å². The van der Waals surface area contributed by atoms with Gasteiger partial charge in [0.2, 0.25) is 0 Å². The Morgan fingerprint density at radius 1 is 1.32 bits per heavy atom. The summed E-state index contributed by atoms with van der Waals surface area (Å²) < 4.78 is 1.84. The van der Waals surface area contributed by atoms with Gasteiger partial charge in [0.1, 0.15) is 5.82 Å². The number of hydrogen-bond donors (Lipinski definition) is 1. The Hall–Kier alpha value is -1.88. The van der Waals surface area contributed by atoms with Crippen molar-refractivity contribution in [2.24, 2.45) is 7.05 Å². The van der Waals surface area contributed by atoms with Crippen molar-refractivity contribution in [2.45, 2.75) is 27.0 Å². The highest BCUT2D eigenvalue weighted by molar-refractivity contribution is 5.50. The lowest BCUT2D eigenvalue weighted by atomic mass is 10.2. The van der Waals surface area contributed by atoms with Crippen molar-refractivity contribution in [3.05, 3.63) is 41.3 Å². The van der Waals surface area contributed by atoms with Crippen LogP contribution in [0.15, 0.2) is 24.5 Å². The molecule has 0 atom stereocenters. The lowest BCUT2D eigenvalue weighted by Gasteiger charge is -2.24. The predicted octanol–water partition coefficient (Wildman–Crippen LogP) is 1.64. The Labute approximate surface area is 113 Å². The van der Waals surface area contributed by atoms with Gasteiger partial charge >= 0.3 is 0 Å². The first kappa shape index (κ1) is 13.5. The molecule has 2 heterocycles. The van der Waals surface area contributed by atoms with Gasteiger partial charge in [0.25, 0.3) is 0 Å². The number of rotatable bonds is 5. The minimum absolute atomic E-state index is 0.0157. The fourth-order valence-corrected chi connectivity index (χ4v) is 2.32. The van der Waals surface area contributed by atoms with Gasteiger partial charge in [-0.25, -0.2) is 0 Å². The van der Waals surface area contributed by atoms with Gasteiger partial charge in [-0.15, -0.1) is 0 Å². The summed E-state index contributed by atoms with van der Waals surface area (Å²) in [5, 5.41) is 13.9. The zero-order chi connectivity index (χ0) is 13.8. The second kappa shape index (κ2) is 5.84. The predicted molar refractivity (Wildman–Crippen MR) is 74.8 cm³/mol. The van der Waals surface area contributed by atoms with Crippen molar-refractivity contribution in [3.63, 3.8) is 0 Å². The molecule has 0 aliphatic rings. The van der Waals surface area contributed by atoms with E-state index in [0.29, 0.717) is 0 Å². The van der Waals surface area contributed by atoms with Crippen LogP contribution in [-0.2, 0) is 20.2 Å². The minimum atomic E-state index is 0.0157. The minimum Gasteiger partial charge on any atom is -0.391 e. The molecule has 0 fully saturated rings. The third kappa shape index (κ3) is 2.76. The average Bonchev–Trinajstić information content (AvgIpc) is 2.71. The van der Waals surface area contributed by atoms with Gasteiger partial charge in [-0.3, -0.25) is 9.67 Å². The van der Waals surface area contributed by atoms with E-state index in [9.17, 15) is 5.11 Å². The fraction of sp³-hybridized carbons (Fsp3) is 0.429. The Bertz CT molecular complexity index is 536. The highest BCUT2D eigenvalue weighted by atomic mass is 16.3. The normalized spacial score (nSPS) is 10.7. The molecule has 0 aromatic carbocycles. The molecule has 0 amide bonds. The molecule has 102 valence electrons. The molecule has 5 nitrogen and oxygen atoms in total. The van der Waals surface area contributed by atoms with Crippen LogP contribution in [0.5, 0.6) is 0 Å². The third-order valence-corrected chi connectivity index (χ3v) is 3.28. The quantitative estimate of drug-likeness (QED) is 0.888. The molecule has 0 aliphatic carbocycles. The largest absolute Gasteiger partial charge is 0.391 e. The number of aromatic nitrogens is 3. The zero-order valence-electron chi connectivity index (χ0n) is 11.7. The maximum Gasteiger partial charge on any atom is 0.132 e. The van der Waals surface area contributed by atoms with Gasteiger partial charge in [-0.05, 0) is 31.5 Å². The topological polar surface area (TPSA) is 54.2 Å². The molecule has 0 bridgehead atoms. The van der Waals surface area contributed by atoms with Crippen molar-refractivity contribution in [1.82, 2.24) is 14.8 Å². The Kier molecular flexibility index (Phi) is 4.16. The number of anilines is 1. The van der Waals surface area contributed by atoms with E-state index >= 15 is 0 Å². The highest BCUT2D eigenvalue weighted by Crippen LogP contribution is 2.24.